The third-order valence-corrected chi connectivity index (χ3v) is 4.48. The van der Waals surface area contributed by atoms with Gasteiger partial charge in [-0.3, -0.25) is 0 Å². The van der Waals surface area contributed by atoms with Gasteiger partial charge in [0.05, 0.1) is 6.61 Å². The number of hydrogen-bond donors (Lipinski definition) is 1. The minimum Gasteiger partial charge on any atom is -0.493 e. The third kappa shape index (κ3) is 3.63. The van der Waals surface area contributed by atoms with E-state index in [4.69, 9.17) is 10.5 Å². The van der Waals surface area contributed by atoms with Gasteiger partial charge < -0.3 is 10.5 Å². The van der Waals surface area contributed by atoms with E-state index in [2.05, 4.69) is 41.9 Å². The van der Waals surface area contributed by atoms with Crippen molar-refractivity contribution >= 4 is 27.7 Å². The number of nitrogens with two attached hydrogens (primary N) is 1. The molecule has 0 aromatic heterocycles. The standard InChI is InChI=1S/C13H18BrNOS/c1-13(2,15)8-17-7-10-6-11(14)5-9-3-4-16-12(9)10/h5-6H,3-4,7-8,15H2,1-2H3. The Hall–Kier alpha value is -0.190. The van der Waals surface area contributed by atoms with Crippen LogP contribution in [0.1, 0.15) is 25.0 Å². The maximum Gasteiger partial charge on any atom is 0.126 e. The van der Waals surface area contributed by atoms with Crippen molar-refractivity contribution in [3.8, 4) is 5.75 Å². The molecule has 0 aliphatic carbocycles. The first-order chi connectivity index (χ1) is 7.96. The van der Waals surface area contributed by atoms with E-state index in [9.17, 15) is 0 Å². The van der Waals surface area contributed by atoms with Gasteiger partial charge in [-0.2, -0.15) is 11.8 Å². The largest absolute Gasteiger partial charge is 0.493 e. The van der Waals surface area contributed by atoms with Gasteiger partial charge in [0.2, 0.25) is 0 Å². The highest BCUT2D eigenvalue weighted by atomic mass is 79.9. The second-order valence-electron chi connectivity index (χ2n) is 5.13. The molecule has 1 aliphatic heterocycles. The molecule has 0 spiro atoms. The highest BCUT2D eigenvalue weighted by Crippen LogP contribution is 2.35. The van der Waals surface area contributed by atoms with E-state index in [1.807, 2.05) is 11.8 Å². The first-order valence-corrected chi connectivity index (χ1v) is 7.71. The molecule has 1 aliphatic rings. The molecule has 0 unspecified atom stereocenters. The molecule has 0 bridgehead atoms. The molecule has 2 rings (SSSR count). The van der Waals surface area contributed by atoms with Crippen LogP contribution in [0.4, 0.5) is 0 Å². The number of ether oxygens (including phenoxy) is 1. The highest BCUT2D eigenvalue weighted by Gasteiger charge is 2.18. The second kappa shape index (κ2) is 5.21. The fourth-order valence-electron chi connectivity index (χ4n) is 1.88. The van der Waals surface area contributed by atoms with Crippen molar-refractivity contribution in [3.05, 3.63) is 27.7 Å². The molecular weight excluding hydrogens is 298 g/mol. The van der Waals surface area contributed by atoms with Crippen molar-refractivity contribution < 1.29 is 4.74 Å². The van der Waals surface area contributed by atoms with Crippen LogP contribution >= 0.6 is 27.7 Å². The summed E-state index contributed by atoms with van der Waals surface area (Å²) in [6, 6.07) is 4.31. The van der Waals surface area contributed by atoms with E-state index in [-0.39, 0.29) is 5.54 Å². The van der Waals surface area contributed by atoms with Gasteiger partial charge in [0.25, 0.3) is 0 Å². The Morgan fingerprint density at radius 1 is 1.47 bits per heavy atom. The number of thioether (sulfide) groups is 1. The Morgan fingerprint density at radius 3 is 2.94 bits per heavy atom. The Balaban J connectivity index is 2.06. The molecule has 0 radical (unpaired) electrons. The van der Waals surface area contributed by atoms with Crippen molar-refractivity contribution in [2.24, 2.45) is 5.73 Å². The average molecular weight is 316 g/mol. The van der Waals surface area contributed by atoms with Crippen LogP contribution in [0.3, 0.4) is 0 Å². The van der Waals surface area contributed by atoms with E-state index in [0.29, 0.717) is 0 Å². The van der Waals surface area contributed by atoms with E-state index >= 15 is 0 Å². The number of benzene rings is 1. The quantitative estimate of drug-likeness (QED) is 0.925. The zero-order valence-corrected chi connectivity index (χ0v) is 12.7. The Bertz CT molecular complexity index is 415. The molecule has 2 nitrogen and oxygen atoms in total. The van der Waals surface area contributed by atoms with Crippen LogP contribution in [0.15, 0.2) is 16.6 Å². The topological polar surface area (TPSA) is 35.2 Å². The summed E-state index contributed by atoms with van der Waals surface area (Å²) in [4.78, 5) is 0. The smallest absolute Gasteiger partial charge is 0.126 e. The Labute approximate surface area is 115 Å². The van der Waals surface area contributed by atoms with Gasteiger partial charge in [-0.05, 0) is 31.5 Å². The molecule has 1 aromatic rings. The molecule has 0 saturated carbocycles. The molecule has 0 amide bonds. The van der Waals surface area contributed by atoms with Crippen molar-refractivity contribution in [3.63, 3.8) is 0 Å². The lowest BCUT2D eigenvalue weighted by Crippen LogP contribution is -2.34. The van der Waals surface area contributed by atoms with E-state index in [0.717, 1.165) is 34.8 Å². The lowest BCUT2D eigenvalue weighted by molar-refractivity contribution is 0.354. The first kappa shape index (κ1) is 13.2. The number of hydrogen-bond acceptors (Lipinski definition) is 3. The average Bonchev–Trinajstić information content (AvgIpc) is 2.63. The predicted molar refractivity (Wildman–Crippen MR) is 77.8 cm³/mol. The van der Waals surface area contributed by atoms with Gasteiger partial charge >= 0.3 is 0 Å². The van der Waals surface area contributed by atoms with Gasteiger partial charge in [0.15, 0.2) is 0 Å². The molecule has 2 N–H and O–H groups in total. The van der Waals surface area contributed by atoms with Gasteiger partial charge in [-0.25, -0.2) is 0 Å². The number of rotatable bonds is 4. The van der Waals surface area contributed by atoms with Crippen LogP contribution in [0.5, 0.6) is 5.75 Å². The van der Waals surface area contributed by atoms with Crippen molar-refractivity contribution in [2.45, 2.75) is 31.6 Å². The summed E-state index contributed by atoms with van der Waals surface area (Å²) in [5.41, 5.74) is 8.47. The zero-order chi connectivity index (χ0) is 12.5. The molecule has 1 aromatic carbocycles. The molecular formula is C13H18BrNOS. The normalized spacial score (nSPS) is 14.6. The molecule has 1 heterocycles. The molecule has 17 heavy (non-hydrogen) atoms. The minimum atomic E-state index is -0.110. The van der Waals surface area contributed by atoms with Crippen LogP contribution in [-0.2, 0) is 12.2 Å². The van der Waals surface area contributed by atoms with Crippen LogP contribution < -0.4 is 10.5 Å². The monoisotopic (exact) mass is 315 g/mol. The molecule has 0 atom stereocenters. The molecule has 0 fully saturated rings. The Kier molecular flexibility index (Phi) is 4.06. The zero-order valence-electron chi connectivity index (χ0n) is 10.3. The summed E-state index contributed by atoms with van der Waals surface area (Å²) < 4.78 is 6.84. The van der Waals surface area contributed by atoms with Crippen LogP contribution in [0, 0.1) is 0 Å². The van der Waals surface area contributed by atoms with Gasteiger partial charge in [0, 0.05) is 33.5 Å². The summed E-state index contributed by atoms with van der Waals surface area (Å²) in [7, 11) is 0. The van der Waals surface area contributed by atoms with Crippen LogP contribution in [0.25, 0.3) is 0 Å². The summed E-state index contributed by atoms with van der Waals surface area (Å²) in [5, 5.41) is 0. The summed E-state index contributed by atoms with van der Waals surface area (Å²) in [6.45, 7) is 4.93. The first-order valence-electron chi connectivity index (χ1n) is 5.76. The van der Waals surface area contributed by atoms with Gasteiger partial charge in [-0.1, -0.05) is 15.9 Å². The van der Waals surface area contributed by atoms with Crippen molar-refractivity contribution in [1.82, 2.24) is 0 Å². The van der Waals surface area contributed by atoms with Crippen molar-refractivity contribution in [2.75, 3.05) is 12.4 Å². The summed E-state index contributed by atoms with van der Waals surface area (Å²) in [5.74, 6) is 3.01. The van der Waals surface area contributed by atoms with E-state index < -0.39 is 0 Å². The Morgan fingerprint density at radius 2 is 2.24 bits per heavy atom. The maximum absolute atomic E-state index is 5.98. The van der Waals surface area contributed by atoms with Gasteiger partial charge in [-0.15, -0.1) is 0 Å². The predicted octanol–water partition coefficient (Wildman–Crippen LogP) is 3.35. The summed E-state index contributed by atoms with van der Waals surface area (Å²) in [6.07, 6.45) is 1.02. The second-order valence-corrected chi connectivity index (χ2v) is 7.03. The third-order valence-electron chi connectivity index (χ3n) is 2.56. The van der Waals surface area contributed by atoms with Gasteiger partial charge in [0.1, 0.15) is 5.75 Å². The minimum absolute atomic E-state index is 0.110. The van der Waals surface area contributed by atoms with E-state index in [1.165, 1.54) is 11.1 Å². The maximum atomic E-state index is 5.98. The molecule has 94 valence electrons. The van der Waals surface area contributed by atoms with E-state index in [1.54, 1.807) is 0 Å². The molecule has 0 saturated heterocycles. The van der Waals surface area contributed by atoms with Crippen LogP contribution in [0.2, 0.25) is 0 Å². The number of halogens is 1. The number of fused-ring (bicyclic) bond motifs is 1. The molecule has 4 heteroatoms. The fourth-order valence-corrected chi connectivity index (χ4v) is 3.49. The fraction of sp³-hybridized carbons (Fsp3) is 0.538. The lowest BCUT2D eigenvalue weighted by Gasteiger charge is -2.18. The van der Waals surface area contributed by atoms with Crippen LogP contribution in [-0.4, -0.2) is 17.9 Å². The lowest BCUT2D eigenvalue weighted by atomic mass is 10.1. The SMILES string of the molecule is CC(C)(N)CSCc1cc(Br)cc2c1OCC2. The van der Waals surface area contributed by atoms with Crippen molar-refractivity contribution in [1.29, 1.82) is 0 Å². The summed E-state index contributed by atoms with van der Waals surface area (Å²) >= 11 is 5.42. The highest BCUT2D eigenvalue weighted by molar-refractivity contribution is 9.10.